The molecular weight excluding hydrogens is 321 g/mol. The first kappa shape index (κ1) is 16.1. The minimum absolute atomic E-state index is 0.265. The SMILES string of the molecule is O=C(CCN1CCc2c(ccc(Cl)c2Cl)C1)N1CCNCC1. The molecule has 1 N–H and O–H groups in total. The summed E-state index contributed by atoms with van der Waals surface area (Å²) in [6.07, 6.45) is 1.49. The summed E-state index contributed by atoms with van der Waals surface area (Å²) in [5.74, 6) is 0.265. The lowest BCUT2D eigenvalue weighted by Gasteiger charge is -2.31. The first-order valence-electron chi connectivity index (χ1n) is 7.82. The first-order chi connectivity index (χ1) is 10.6. The Morgan fingerprint density at radius 1 is 1.18 bits per heavy atom. The third-order valence-corrected chi connectivity index (χ3v) is 5.32. The van der Waals surface area contributed by atoms with Gasteiger partial charge in [0.15, 0.2) is 0 Å². The topological polar surface area (TPSA) is 35.6 Å². The zero-order valence-corrected chi connectivity index (χ0v) is 14.1. The maximum Gasteiger partial charge on any atom is 0.223 e. The molecule has 1 fully saturated rings. The second-order valence-corrected chi connectivity index (χ2v) is 6.69. The van der Waals surface area contributed by atoms with E-state index in [2.05, 4.69) is 10.2 Å². The highest BCUT2D eigenvalue weighted by Crippen LogP contribution is 2.32. The van der Waals surface area contributed by atoms with E-state index < -0.39 is 0 Å². The monoisotopic (exact) mass is 341 g/mol. The van der Waals surface area contributed by atoms with Crippen LogP contribution in [0.15, 0.2) is 12.1 Å². The fourth-order valence-electron chi connectivity index (χ4n) is 3.16. The van der Waals surface area contributed by atoms with Crippen molar-refractivity contribution in [2.24, 2.45) is 0 Å². The van der Waals surface area contributed by atoms with Crippen molar-refractivity contribution >= 4 is 29.1 Å². The first-order valence-corrected chi connectivity index (χ1v) is 8.57. The van der Waals surface area contributed by atoms with Gasteiger partial charge in [-0.15, -0.1) is 0 Å². The van der Waals surface area contributed by atoms with Gasteiger partial charge in [-0.05, 0) is 23.6 Å². The Bertz CT molecular complexity index is 559. The molecule has 2 aliphatic heterocycles. The molecule has 2 heterocycles. The maximum atomic E-state index is 12.2. The van der Waals surface area contributed by atoms with Gasteiger partial charge in [-0.3, -0.25) is 9.69 Å². The Hall–Kier alpha value is -0.810. The highest BCUT2D eigenvalue weighted by molar-refractivity contribution is 6.42. The fraction of sp³-hybridized carbons (Fsp3) is 0.562. The van der Waals surface area contributed by atoms with Crippen molar-refractivity contribution in [2.75, 3.05) is 39.3 Å². The highest BCUT2D eigenvalue weighted by atomic mass is 35.5. The van der Waals surface area contributed by atoms with Crippen molar-refractivity contribution in [3.63, 3.8) is 0 Å². The number of amides is 1. The van der Waals surface area contributed by atoms with Crippen molar-refractivity contribution < 1.29 is 4.79 Å². The Kier molecular flexibility index (Phi) is 5.24. The van der Waals surface area contributed by atoms with Crippen LogP contribution in [0.1, 0.15) is 17.5 Å². The second-order valence-electron chi connectivity index (χ2n) is 5.91. The minimum atomic E-state index is 0.265. The van der Waals surface area contributed by atoms with Gasteiger partial charge in [0.25, 0.3) is 0 Å². The predicted octanol–water partition coefficient (Wildman–Crippen LogP) is 2.17. The number of carbonyl (C=O) groups is 1. The van der Waals surface area contributed by atoms with Crippen molar-refractivity contribution in [3.8, 4) is 0 Å². The molecule has 2 aliphatic rings. The van der Waals surface area contributed by atoms with E-state index in [1.165, 1.54) is 11.1 Å². The van der Waals surface area contributed by atoms with E-state index >= 15 is 0 Å². The molecule has 3 rings (SSSR count). The normalized spacial score (nSPS) is 19.1. The molecule has 1 saturated heterocycles. The third-order valence-electron chi connectivity index (χ3n) is 4.48. The highest BCUT2D eigenvalue weighted by Gasteiger charge is 2.21. The molecule has 1 aromatic rings. The molecule has 22 heavy (non-hydrogen) atoms. The maximum absolute atomic E-state index is 12.2. The summed E-state index contributed by atoms with van der Waals surface area (Å²) in [6, 6.07) is 3.91. The van der Waals surface area contributed by atoms with E-state index in [1.807, 2.05) is 17.0 Å². The fourth-order valence-corrected chi connectivity index (χ4v) is 3.61. The molecule has 0 saturated carbocycles. The number of hydrogen-bond acceptors (Lipinski definition) is 3. The average Bonchev–Trinajstić information content (AvgIpc) is 2.57. The number of piperazine rings is 1. The summed E-state index contributed by atoms with van der Waals surface area (Å²) in [4.78, 5) is 16.5. The van der Waals surface area contributed by atoms with Crippen LogP contribution in [0.4, 0.5) is 0 Å². The summed E-state index contributed by atoms with van der Waals surface area (Å²) < 4.78 is 0. The van der Waals surface area contributed by atoms with Gasteiger partial charge >= 0.3 is 0 Å². The zero-order chi connectivity index (χ0) is 15.5. The standard InChI is InChI=1S/C16H21Cl2N3O/c17-14-2-1-12-11-20(7-3-13(12)16(14)18)8-4-15(22)21-9-5-19-6-10-21/h1-2,19H,3-11H2. The van der Waals surface area contributed by atoms with Crippen molar-refractivity contribution in [3.05, 3.63) is 33.3 Å². The molecule has 6 heteroatoms. The molecule has 0 radical (unpaired) electrons. The summed E-state index contributed by atoms with van der Waals surface area (Å²) in [6.45, 7) is 6.06. The van der Waals surface area contributed by atoms with Crippen LogP contribution in [-0.2, 0) is 17.8 Å². The third kappa shape index (κ3) is 3.57. The van der Waals surface area contributed by atoms with Gasteiger partial charge in [0.1, 0.15) is 0 Å². The quantitative estimate of drug-likeness (QED) is 0.915. The molecule has 0 bridgehead atoms. The largest absolute Gasteiger partial charge is 0.340 e. The van der Waals surface area contributed by atoms with E-state index in [1.54, 1.807) is 0 Å². The number of benzene rings is 1. The Morgan fingerprint density at radius 3 is 2.73 bits per heavy atom. The molecular formula is C16H21Cl2N3O. The molecule has 0 atom stereocenters. The van der Waals surface area contributed by atoms with Gasteiger partial charge < -0.3 is 10.2 Å². The minimum Gasteiger partial charge on any atom is -0.340 e. The van der Waals surface area contributed by atoms with Crippen LogP contribution in [0, 0.1) is 0 Å². The molecule has 120 valence electrons. The van der Waals surface area contributed by atoms with Crippen LogP contribution in [-0.4, -0.2) is 55.0 Å². The van der Waals surface area contributed by atoms with Crippen LogP contribution >= 0.6 is 23.2 Å². The van der Waals surface area contributed by atoms with Crippen LogP contribution in [0.5, 0.6) is 0 Å². The number of rotatable bonds is 3. The number of halogens is 2. The van der Waals surface area contributed by atoms with Crippen molar-refractivity contribution in [1.29, 1.82) is 0 Å². The smallest absolute Gasteiger partial charge is 0.223 e. The van der Waals surface area contributed by atoms with E-state index in [9.17, 15) is 4.79 Å². The number of hydrogen-bond donors (Lipinski definition) is 1. The van der Waals surface area contributed by atoms with Crippen LogP contribution in [0.3, 0.4) is 0 Å². The molecule has 0 spiro atoms. The van der Waals surface area contributed by atoms with Gasteiger partial charge in [0.2, 0.25) is 5.91 Å². The molecule has 0 unspecified atom stereocenters. The van der Waals surface area contributed by atoms with Gasteiger partial charge in [-0.25, -0.2) is 0 Å². The Balaban J connectivity index is 1.54. The number of fused-ring (bicyclic) bond motifs is 1. The summed E-state index contributed by atoms with van der Waals surface area (Å²) >= 11 is 12.3. The Morgan fingerprint density at radius 2 is 1.95 bits per heavy atom. The van der Waals surface area contributed by atoms with E-state index in [4.69, 9.17) is 23.2 Å². The average molecular weight is 342 g/mol. The summed E-state index contributed by atoms with van der Waals surface area (Å²) in [5.41, 5.74) is 2.40. The number of carbonyl (C=O) groups excluding carboxylic acids is 1. The van der Waals surface area contributed by atoms with E-state index in [-0.39, 0.29) is 5.91 Å². The predicted molar refractivity (Wildman–Crippen MR) is 89.5 cm³/mol. The van der Waals surface area contributed by atoms with Crippen LogP contribution in [0.25, 0.3) is 0 Å². The Labute approximate surface area is 141 Å². The molecule has 1 amide bonds. The van der Waals surface area contributed by atoms with E-state index in [0.717, 1.165) is 52.2 Å². The number of nitrogens with one attached hydrogen (secondary N) is 1. The lowest BCUT2D eigenvalue weighted by molar-refractivity contribution is -0.132. The molecule has 0 aromatic heterocycles. The van der Waals surface area contributed by atoms with Crippen LogP contribution in [0.2, 0.25) is 10.0 Å². The lowest BCUT2D eigenvalue weighted by atomic mass is 9.99. The summed E-state index contributed by atoms with van der Waals surface area (Å²) in [7, 11) is 0. The van der Waals surface area contributed by atoms with Gasteiger partial charge in [-0.2, -0.15) is 0 Å². The zero-order valence-electron chi connectivity index (χ0n) is 12.6. The molecule has 1 aromatic carbocycles. The molecule has 0 aliphatic carbocycles. The lowest BCUT2D eigenvalue weighted by Crippen LogP contribution is -2.47. The summed E-state index contributed by atoms with van der Waals surface area (Å²) in [5, 5.41) is 4.59. The van der Waals surface area contributed by atoms with Crippen molar-refractivity contribution in [2.45, 2.75) is 19.4 Å². The van der Waals surface area contributed by atoms with Gasteiger partial charge in [-0.1, -0.05) is 29.3 Å². The van der Waals surface area contributed by atoms with Crippen LogP contribution < -0.4 is 5.32 Å². The second kappa shape index (κ2) is 7.18. The van der Waals surface area contributed by atoms with Gasteiger partial charge in [0, 0.05) is 52.2 Å². The molecule has 4 nitrogen and oxygen atoms in total. The van der Waals surface area contributed by atoms with E-state index in [0.29, 0.717) is 16.5 Å². The van der Waals surface area contributed by atoms with Crippen molar-refractivity contribution in [1.82, 2.24) is 15.1 Å². The van der Waals surface area contributed by atoms with Gasteiger partial charge in [0.05, 0.1) is 10.0 Å². The number of nitrogens with zero attached hydrogens (tertiary/aromatic N) is 2.